The van der Waals surface area contributed by atoms with E-state index in [-0.39, 0.29) is 5.82 Å². The number of nitrogens with one attached hydrogen (secondary N) is 1. The Balaban J connectivity index is 1.80. The van der Waals surface area contributed by atoms with Gasteiger partial charge in [0.2, 0.25) is 0 Å². The molecule has 2 heteroatoms. The summed E-state index contributed by atoms with van der Waals surface area (Å²) < 4.78 is 13.4. The summed E-state index contributed by atoms with van der Waals surface area (Å²) in [5.41, 5.74) is 3.33. The lowest BCUT2D eigenvalue weighted by Crippen LogP contribution is -2.19. The summed E-state index contributed by atoms with van der Waals surface area (Å²) in [7, 11) is 1.99. The zero-order valence-corrected chi connectivity index (χ0v) is 11.9. The minimum atomic E-state index is -0.126. The number of aryl methyl sites for hydroxylation is 1. The van der Waals surface area contributed by atoms with Gasteiger partial charge in [-0.2, -0.15) is 0 Å². The second-order valence-electron chi connectivity index (χ2n) is 5.69. The van der Waals surface area contributed by atoms with E-state index in [1.807, 2.05) is 26.1 Å². The molecule has 0 spiro atoms. The molecule has 104 valence electrons. The minimum absolute atomic E-state index is 0.126. The van der Waals surface area contributed by atoms with Gasteiger partial charge in [0.25, 0.3) is 0 Å². The monoisotopic (exact) mass is 269 g/mol. The van der Waals surface area contributed by atoms with Crippen LogP contribution in [0, 0.1) is 18.7 Å². The van der Waals surface area contributed by atoms with Gasteiger partial charge in [-0.1, -0.05) is 42.5 Å². The van der Waals surface area contributed by atoms with E-state index >= 15 is 0 Å². The highest BCUT2D eigenvalue weighted by Gasteiger charge is 2.43. The largest absolute Gasteiger partial charge is 0.313 e. The van der Waals surface area contributed by atoms with Gasteiger partial charge in [-0.25, -0.2) is 4.39 Å². The molecule has 0 bridgehead atoms. The Morgan fingerprint density at radius 3 is 2.55 bits per heavy atom. The number of benzene rings is 2. The fraction of sp³-hybridized carbons (Fsp3) is 0.333. The van der Waals surface area contributed by atoms with Crippen LogP contribution in [0.15, 0.2) is 48.5 Å². The second kappa shape index (κ2) is 5.37. The number of halogens is 1. The average Bonchev–Trinajstić information content (AvgIpc) is 3.25. The van der Waals surface area contributed by atoms with Gasteiger partial charge in [-0.3, -0.25) is 0 Å². The summed E-state index contributed by atoms with van der Waals surface area (Å²) in [6.45, 7) is 1.83. The van der Waals surface area contributed by atoms with Crippen molar-refractivity contribution in [3.05, 3.63) is 71.0 Å². The van der Waals surface area contributed by atoms with Crippen LogP contribution in [0.2, 0.25) is 0 Å². The van der Waals surface area contributed by atoms with Crippen molar-refractivity contribution in [1.29, 1.82) is 0 Å². The highest BCUT2D eigenvalue weighted by molar-refractivity contribution is 5.32. The van der Waals surface area contributed by atoms with E-state index in [1.165, 1.54) is 17.5 Å². The van der Waals surface area contributed by atoms with Crippen LogP contribution in [0.1, 0.15) is 35.1 Å². The zero-order chi connectivity index (χ0) is 14.1. The van der Waals surface area contributed by atoms with Gasteiger partial charge in [0.15, 0.2) is 0 Å². The third-order valence-corrected chi connectivity index (χ3v) is 4.35. The van der Waals surface area contributed by atoms with Crippen molar-refractivity contribution in [3.63, 3.8) is 0 Å². The summed E-state index contributed by atoms with van der Waals surface area (Å²) in [4.78, 5) is 0. The Bertz CT molecular complexity index is 594. The van der Waals surface area contributed by atoms with Crippen LogP contribution in [0.3, 0.4) is 0 Å². The van der Waals surface area contributed by atoms with E-state index in [0.29, 0.717) is 17.9 Å². The summed E-state index contributed by atoms with van der Waals surface area (Å²) in [6.07, 6.45) is 1.20. The third-order valence-electron chi connectivity index (χ3n) is 4.35. The molecule has 3 rings (SSSR count). The summed E-state index contributed by atoms with van der Waals surface area (Å²) in [5.74, 6) is 1.10. The van der Waals surface area contributed by atoms with Crippen LogP contribution in [0.5, 0.6) is 0 Å². The number of hydrogen-bond donors (Lipinski definition) is 1. The molecule has 3 atom stereocenters. The lowest BCUT2D eigenvalue weighted by atomic mass is 9.97. The van der Waals surface area contributed by atoms with Crippen LogP contribution in [0.4, 0.5) is 4.39 Å². The molecule has 0 heterocycles. The Morgan fingerprint density at radius 2 is 1.90 bits per heavy atom. The number of hydrogen-bond acceptors (Lipinski definition) is 1. The first-order chi connectivity index (χ1) is 9.70. The van der Waals surface area contributed by atoms with Gasteiger partial charge in [0, 0.05) is 6.04 Å². The molecule has 0 aromatic heterocycles. The van der Waals surface area contributed by atoms with E-state index in [0.717, 1.165) is 5.56 Å². The maximum atomic E-state index is 13.4. The predicted octanol–water partition coefficient (Wildman–Crippen LogP) is 4.20. The normalized spacial score (nSPS) is 22.6. The Hall–Kier alpha value is -1.67. The van der Waals surface area contributed by atoms with Crippen LogP contribution in [0.25, 0.3) is 0 Å². The van der Waals surface area contributed by atoms with E-state index < -0.39 is 0 Å². The van der Waals surface area contributed by atoms with Gasteiger partial charge in [-0.05, 0) is 55.0 Å². The van der Waals surface area contributed by atoms with E-state index in [2.05, 4.69) is 35.6 Å². The Morgan fingerprint density at radius 1 is 1.15 bits per heavy atom. The standard InChI is InChI=1S/C18H20FN/c1-12-10-14(8-9-17(12)19)18(20-2)16-11-15(16)13-6-4-3-5-7-13/h3-10,15-16,18,20H,11H2,1-2H3. The lowest BCUT2D eigenvalue weighted by Gasteiger charge is -2.17. The van der Waals surface area contributed by atoms with Crippen LogP contribution in [-0.4, -0.2) is 7.05 Å². The molecule has 0 radical (unpaired) electrons. The maximum absolute atomic E-state index is 13.4. The van der Waals surface area contributed by atoms with Gasteiger partial charge in [0.05, 0.1) is 0 Å². The van der Waals surface area contributed by atoms with Crippen molar-refractivity contribution >= 4 is 0 Å². The van der Waals surface area contributed by atoms with Crippen LogP contribution < -0.4 is 5.32 Å². The topological polar surface area (TPSA) is 12.0 Å². The maximum Gasteiger partial charge on any atom is 0.126 e. The van der Waals surface area contributed by atoms with Crippen molar-refractivity contribution in [1.82, 2.24) is 5.32 Å². The van der Waals surface area contributed by atoms with Crippen molar-refractivity contribution < 1.29 is 4.39 Å². The van der Waals surface area contributed by atoms with Gasteiger partial charge < -0.3 is 5.32 Å². The first kappa shape index (κ1) is 13.3. The molecule has 1 aliphatic rings. The van der Waals surface area contributed by atoms with Gasteiger partial charge in [0.1, 0.15) is 5.82 Å². The summed E-state index contributed by atoms with van der Waals surface area (Å²) in [6, 6.07) is 16.4. The minimum Gasteiger partial charge on any atom is -0.313 e. The third kappa shape index (κ3) is 2.48. The average molecular weight is 269 g/mol. The van der Waals surface area contributed by atoms with Crippen molar-refractivity contribution in [2.45, 2.75) is 25.3 Å². The molecule has 0 aliphatic heterocycles. The lowest BCUT2D eigenvalue weighted by molar-refractivity contribution is 0.515. The van der Waals surface area contributed by atoms with Gasteiger partial charge in [-0.15, -0.1) is 0 Å². The molecule has 1 N–H and O–H groups in total. The molecule has 2 aromatic carbocycles. The van der Waals surface area contributed by atoms with E-state index in [1.54, 1.807) is 6.07 Å². The molecular weight excluding hydrogens is 249 g/mol. The SMILES string of the molecule is CNC(c1ccc(F)c(C)c1)C1CC1c1ccccc1. The predicted molar refractivity (Wildman–Crippen MR) is 80.2 cm³/mol. The molecular formula is C18H20FN. The molecule has 1 saturated carbocycles. The second-order valence-corrected chi connectivity index (χ2v) is 5.69. The van der Waals surface area contributed by atoms with Crippen LogP contribution >= 0.6 is 0 Å². The molecule has 2 aromatic rings. The number of rotatable bonds is 4. The molecule has 1 fully saturated rings. The fourth-order valence-electron chi connectivity index (χ4n) is 3.16. The summed E-state index contributed by atoms with van der Waals surface area (Å²) >= 11 is 0. The first-order valence-electron chi connectivity index (χ1n) is 7.19. The Labute approximate surface area is 119 Å². The Kier molecular flexibility index (Phi) is 3.58. The molecule has 1 nitrogen and oxygen atoms in total. The highest BCUT2D eigenvalue weighted by atomic mass is 19.1. The van der Waals surface area contributed by atoms with Gasteiger partial charge >= 0.3 is 0 Å². The molecule has 20 heavy (non-hydrogen) atoms. The zero-order valence-electron chi connectivity index (χ0n) is 11.9. The summed E-state index contributed by atoms with van der Waals surface area (Å²) in [5, 5.41) is 3.40. The van der Waals surface area contributed by atoms with Crippen molar-refractivity contribution in [2.24, 2.45) is 5.92 Å². The smallest absolute Gasteiger partial charge is 0.126 e. The van der Waals surface area contributed by atoms with Crippen molar-refractivity contribution in [2.75, 3.05) is 7.05 Å². The molecule has 0 amide bonds. The highest BCUT2D eigenvalue weighted by Crippen LogP contribution is 2.53. The molecule has 1 aliphatic carbocycles. The quantitative estimate of drug-likeness (QED) is 0.877. The van der Waals surface area contributed by atoms with Crippen LogP contribution in [-0.2, 0) is 0 Å². The molecule has 0 saturated heterocycles. The van der Waals surface area contributed by atoms with E-state index in [9.17, 15) is 4.39 Å². The molecule has 3 unspecified atom stereocenters. The fourth-order valence-corrected chi connectivity index (χ4v) is 3.16. The van der Waals surface area contributed by atoms with E-state index in [4.69, 9.17) is 0 Å². The van der Waals surface area contributed by atoms with Crippen molar-refractivity contribution in [3.8, 4) is 0 Å². The first-order valence-corrected chi connectivity index (χ1v) is 7.19.